The Morgan fingerprint density at radius 2 is 1.95 bits per heavy atom. The zero-order chi connectivity index (χ0) is 28.0. The highest BCUT2D eigenvalue weighted by Crippen LogP contribution is 2.36. The van der Waals surface area contributed by atoms with Crippen LogP contribution in [0.5, 0.6) is 5.75 Å². The van der Waals surface area contributed by atoms with Gasteiger partial charge in [-0.05, 0) is 44.0 Å². The second-order valence-corrected chi connectivity index (χ2v) is 9.93. The number of ketones is 1. The molecule has 1 aliphatic heterocycles. The third kappa shape index (κ3) is 4.52. The largest absolute Gasteiger partial charge is 0.507 e. The first kappa shape index (κ1) is 26.4. The van der Waals surface area contributed by atoms with E-state index in [4.69, 9.17) is 0 Å². The number of hydrogen-bond donors (Lipinski definition) is 2. The van der Waals surface area contributed by atoms with Crippen molar-refractivity contribution in [1.82, 2.24) is 24.8 Å². The van der Waals surface area contributed by atoms with E-state index in [9.17, 15) is 19.1 Å². The number of aromatic nitrogens is 4. The molecule has 0 spiro atoms. The van der Waals surface area contributed by atoms with Crippen LogP contribution in [0.1, 0.15) is 49.7 Å². The minimum atomic E-state index is -0.902. The van der Waals surface area contributed by atoms with Crippen molar-refractivity contribution in [2.24, 2.45) is 0 Å². The highest BCUT2D eigenvalue weighted by molar-refractivity contribution is 5.99. The fourth-order valence-corrected chi connectivity index (χ4v) is 5.02. The number of rotatable bonds is 5. The first-order chi connectivity index (χ1) is 18.6. The number of nitrogens with zero attached hydrogens (tertiary/aromatic N) is 5. The fraction of sp³-hybridized carbons (Fsp3) is 0.321. The van der Waals surface area contributed by atoms with Crippen molar-refractivity contribution in [2.75, 3.05) is 24.5 Å². The average molecular weight is 535 g/mol. The van der Waals surface area contributed by atoms with Gasteiger partial charge < -0.3 is 15.3 Å². The molecule has 4 heterocycles. The smallest absolute Gasteiger partial charge is 0.355 e. The number of anilines is 1. The number of aromatic hydroxyl groups is 1. The molecule has 0 radical (unpaired) electrons. The fourth-order valence-electron chi connectivity index (χ4n) is 5.02. The molecule has 0 bridgehead atoms. The lowest BCUT2D eigenvalue weighted by Gasteiger charge is -2.35. The second-order valence-electron chi connectivity index (χ2n) is 9.93. The summed E-state index contributed by atoms with van der Waals surface area (Å²) in [6.07, 6.45) is 1.49. The molecule has 1 fully saturated rings. The van der Waals surface area contributed by atoms with E-state index in [1.807, 2.05) is 25.7 Å². The summed E-state index contributed by atoms with van der Waals surface area (Å²) in [5.74, 6) is -2.58. The van der Waals surface area contributed by atoms with Gasteiger partial charge in [-0.2, -0.15) is 4.98 Å². The molecule has 1 aromatic carbocycles. The third-order valence-electron chi connectivity index (χ3n) is 6.91. The first-order valence-corrected chi connectivity index (χ1v) is 12.7. The van der Waals surface area contributed by atoms with Gasteiger partial charge in [0.25, 0.3) is 0 Å². The van der Waals surface area contributed by atoms with Crippen LogP contribution in [0, 0.1) is 11.6 Å². The summed E-state index contributed by atoms with van der Waals surface area (Å²) >= 11 is 0. The maximum Gasteiger partial charge on any atom is 0.355 e. The Morgan fingerprint density at radius 3 is 2.62 bits per heavy atom. The summed E-state index contributed by atoms with van der Waals surface area (Å²) < 4.78 is 31.7. The molecule has 1 atom stereocenters. The molecule has 0 saturated carbocycles. The topological polar surface area (TPSA) is 113 Å². The van der Waals surface area contributed by atoms with Crippen LogP contribution in [0.25, 0.3) is 28.0 Å². The zero-order valence-electron chi connectivity index (χ0n) is 22.0. The molecular formula is C28H28F2N6O3. The third-order valence-corrected chi connectivity index (χ3v) is 6.91. The summed E-state index contributed by atoms with van der Waals surface area (Å²) in [6, 6.07) is 6.18. The molecule has 0 unspecified atom stereocenters. The number of phenolic OH excluding ortho intramolecular Hbond substituents is 1. The Kier molecular flexibility index (Phi) is 6.85. The minimum absolute atomic E-state index is 0.0350. The molecule has 0 aliphatic carbocycles. The molecule has 3 aromatic heterocycles. The second kappa shape index (κ2) is 10.1. The molecule has 1 aliphatic rings. The van der Waals surface area contributed by atoms with Crippen molar-refractivity contribution in [2.45, 2.75) is 39.7 Å². The SMILES string of the molecule is CC(=O)c1ccnc(C(C)C)c1-n1c(=O)nc(N2CCNC[C@@H]2C)c2cc(F)c(-c3c(O)cccc3F)nc21. The number of phenols is 1. The summed E-state index contributed by atoms with van der Waals surface area (Å²) in [6.45, 7) is 8.81. The molecule has 9 nitrogen and oxygen atoms in total. The Balaban J connectivity index is 1.95. The molecule has 5 rings (SSSR count). The van der Waals surface area contributed by atoms with Crippen LogP contribution in [0.2, 0.25) is 0 Å². The van der Waals surface area contributed by atoms with E-state index in [-0.39, 0.29) is 45.8 Å². The van der Waals surface area contributed by atoms with Crippen molar-refractivity contribution in [3.8, 4) is 22.7 Å². The Bertz CT molecular complexity index is 1650. The number of benzene rings is 1. The van der Waals surface area contributed by atoms with Crippen LogP contribution in [-0.2, 0) is 0 Å². The quantitative estimate of drug-likeness (QED) is 0.370. The van der Waals surface area contributed by atoms with Gasteiger partial charge in [-0.25, -0.2) is 23.1 Å². The predicted octanol–water partition coefficient (Wildman–Crippen LogP) is 3.95. The van der Waals surface area contributed by atoms with Crippen LogP contribution >= 0.6 is 0 Å². The highest BCUT2D eigenvalue weighted by Gasteiger charge is 2.29. The number of hydrogen-bond acceptors (Lipinski definition) is 8. The lowest BCUT2D eigenvalue weighted by molar-refractivity contribution is 0.101. The van der Waals surface area contributed by atoms with Crippen LogP contribution in [0.4, 0.5) is 14.6 Å². The molecular weight excluding hydrogens is 506 g/mol. The predicted molar refractivity (Wildman–Crippen MR) is 144 cm³/mol. The van der Waals surface area contributed by atoms with E-state index in [1.165, 1.54) is 31.3 Å². The number of fused-ring (bicyclic) bond motifs is 1. The first-order valence-electron chi connectivity index (χ1n) is 12.7. The van der Waals surface area contributed by atoms with Gasteiger partial charge >= 0.3 is 5.69 Å². The number of piperazine rings is 1. The summed E-state index contributed by atoms with van der Waals surface area (Å²) in [7, 11) is 0. The van der Waals surface area contributed by atoms with E-state index >= 15 is 4.39 Å². The van der Waals surface area contributed by atoms with Crippen molar-refractivity contribution in [3.05, 3.63) is 69.9 Å². The zero-order valence-corrected chi connectivity index (χ0v) is 22.0. The van der Waals surface area contributed by atoms with E-state index in [1.54, 1.807) is 0 Å². The minimum Gasteiger partial charge on any atom is -0.507 e. The molecule has 0 amide bonds. The van der Waals surface area contributed by atoms with Gasteiger partial charge in [-0.3, -0.25) is 9.78 Å². The Labute approximate surface area is 223 Å². The van der Waals surface area contributed by atoms with Gasteiger partial charge in [0, 0.05) is 37.4 Å². The van der Waals surface area contributed by atoms with Crippen LogP contribution in [-0.4, -0.2) is 56.1 Å². The molecule has 1 saturated heterocycles. The summed E-state index contributed by atoms with van der Waals surface area (Å²) in [5.41, 5.74) is -0.856. The Hall–Kier alpha value is -4.25. The van der Waals surface area contributed by atoms with Gasteiger partial charge in [0.1, 0.15) is 23.1 Å². The molecule has 4 aromatic rings. The summed E-state index contributed by atoms with van der Waals surface area (Å²) in [5, 5.41) is 13.9. The van der Waals surface area contributed by atoms with Crippen molar-refractivity contribution >= 4 is 22.6 Å². The van der Waals surface area contributed by atoms with Gasteiger partial charge in [0.15, 0.2) is 17.2 Å². The molecule has 39 heavy (non-hydrogen) atoms. The van der Waals surface area contributed by atoms with Crippen LogP contribution in [0.3, 0.4) is 0 Å². The normalized spacial score (nSPS) is 15.8. The molecule has 2 N–H and O–H groups in total. The molecule has 11 heteroatoms. The number of Topliss-reactive ketones (excluding diaryl/α,β-unsaturated/α-hetero) is 1. The van der Waals surface area contributed by atoms with Gasteiger partial charge in [-0.15, -0.1) is 0 Å². The number of carbonyl (C=O) groups excluding carboxylic acids is 1. The lowest BCUT2D eigenvalue weighted by Crippen LogP contribution is -2.50. The molecule has 202 valence electrons. The van der Waals surface area contributed by atoms with Gasteiger partial charge in [-0.1, -0.05) is 19.9 Å². The van der Waals surface area contributed by atoms with Gasteiger partial charge in [0.2, 0.25) is 0 Å². The number of nitrogens with one attached hydrogen (secondary N) is 1. The average Bonchev–Trinajstić information content (AvgIpc) is 2.88. The Morgan fingerprint density at radius 1 is 1.18 bits per heavy atom. The maximum absolute atomic E-state index is 15.7. The van der Waals surface area contributed by atoms with Crippen LogP contribution < -0.4 is 15.9 Å². The van der Waals surface area contributed by atoms with E-state index < -0.39 is 34.3 Å². The van der Waals surface area contributed by atoms with E-state index in [0.29, 0.717) is 25.3 Å². The summed E-state index contributed by atoms with van der Waals surface area (Å²) in [4.78, 5) is 41.7. The lowest BCUT2D eigenvalue weighted by atomic mass is 10.0. The van der Waals surface area contributed by atoms with E-state index in [2.05, 4.69) is 20.3 Å². The van der Waals surface area contributed by atoms with Crippen molar-refractivity contribution in [1.29, 1.82) is 0 Å². The van der Waals surface area contributed by atoms with E-state index in [0.717, 1.165) is 16.7 Å². The number of halogens is 2. The number of pyridine rings is 2. The van der Waals surface area contributed by atoms with Crippen molar-refractivity contribution < 1.29 is 18.7 Å². The standard InChI is InChI=1S/C28H28F2N6O3/c1-14(2)23-25(17(16(4)37)8-9-32-23)36-27-18(26(34-28(36)39)35-11-10-31-13-15(35)3)12-20(30)24(33-27)22-19(29)6-5-7-21(22)38/h5-9,12,14-15,31,38H,10-11,13H2,1-4H3/t15-/m0/s1. The number of carbonyl (C=O) groups is 1. The maximum atomic E-state index is 15.7. The highest BCUT2D eigenvalue weighted by atomic mass is 19.1. The van der Waals surface area contributed by atoms with Gasteiger partial charge in [0.05, 0.1) is 22.3 Å². The van der Waals surface area contributed by atoms with Crippen LogP contribution in [0.15, 0.2) is 41.3 Å². The monoisotopic (exact) mass is 534 g/mol. The van der Waals surface area contributed by atoms with Crippen molar-refractivity contribution in [3.63, 3.8) is 0 Å².